The predicted octanol–water partition coefficient (Wildman–Crippen LogP) is 3.38. The molecule has 1 fully saturated rings. The molecule has 0 saturated carbocycles. The topological polar surface area (TPSA) is 28.0 Å². The van der Waals surface area contributed by atoms with Crippen LogP contribution in [0.4, 0.5) is 23.2 Å². The van der Waals surface area contributed by atoms with Gasteiger partial charge in [0, 0.05) is 24.7 Å². The minimum atomic E-state index is -2.90. The zero-order chi connectivity index (χ0) is 15.0. The van der Waals surface area contributed by atoms with Gasteiger partial charge in [-0.2, -0.15) is 10.2 Å². The fourth-order valence-electron chi connectivity index (χ4n) is 2.58. The maximum absolute atomic E-state index is 14.1. The van der Waals surface area contributed by atoms with Gasteiger partial charge in [-0.1, -0.05) is 0 Å². The smallest absolute Gasteiger partial charge is 0.266 e. The van der Waals surface area contributed by atoms with Crippen molar-refractivity contribution in [1.82, 2.24) is 0 Å². The molecular weight excluding hydrogens is 286 g/mol. The number of benzene rings is 1. The van der Waals surface area contributed by atoms with Gasteiger partial charge in [0.2, 0.25) is 0 Å². The summed E-state index contributed by atoms with van der Waals surface area (Å²) in [6.07, 6.45) is 2.43. The fraction of sp³-hybridized carbons (Fsp3) is 0.429. The molecule has 0 spiro atoms. The Morgan fingerprint density at radius 3 is 2.38 bits per heavy atom. The third-order valence-electron chi connectivity index (χ3n) is 3.61. The van der Waals surface area contributed by atoms with Crippen LogP contribution >= 0.6 is 0 Å². The first-order chi connectivity index (χ1) is 9.96. The molecule has 0 amide bonds. The Bertz CT molecular complexity index is 602. The highest BCUT2D eigenvalue weighted by Gasteiger charge is 2.40. The Morgan fingerprint density at radius 2 is 1.86 bits per heavy atom. The van der Waals surface area contributed by atoms with E-state index in [0.29, 0.717) is 24.1 Å². The molecule has 0 unspecified atom stereocenters. The van der Waals surface area contributed by atoms with Crippen molar-refractivity contribution in [3.63, 3.8) is 0 Å². The van der Waals surface area contributed by atoms with E-state index < -0.39 is 36.2 Å². The van der Waals surface area contributed by atoms with Crippen LogP contribution < -0.4 is 4.90 Å². The van der Waals surface area contributed by atoms with Crippen LogP contribution in [0.2, 0.25) is 0 Å². The summed E-state index contributed by atoms with van der Waals surface area (Å²) in [5, 5.41) is 7.57. The molecule has 2 aliphatic rings. The summed E-state index contributed by atoms with van der Waals surface area (Å²) in [5.41, 5.74) is 0.404. The minimum absolute atomic E-state index is 0.0641. The van der Waals surface area contributed by atoms with Gasteiger partial charge in [0.15, 0.2) is 0 Å². The van der Waals surface area contributed by atoms with Crippen molar-refractivity contribution in [3.8, 4) is 0 Å². The van der Waals surface area contributed by atoms with Crippen LogP contribution in [-0.2, 0) is 0 Å². The molecule has 1 aromatic rings. The standard InChI is InChI=1S/C14H13F4N3/c15-10-6-9(12-2-1-4-19-20-12)7-11(16)13(10)21-5-3-14(17,18)8-21/h4,6-7H,1-3,5,8H2. The van der Waals surface area contributed by atoms with Crippen molar-refractivity contribution >= 4 is 17.6 Å². The van der Waals surface area contributed by atoms with Crippen molar-refractivity contribution in [2.75, 3.05) is 18.0 Å². The summed E-state index contributed by atoms with van der Waals surface area (Å²) < 4.78 is 54.7. The van der Waals surface area contributed by atoms with Gasteiger partial charge in [0.05, 0.1) is 12.3 Å². The summed E-state index contributed by atoms with van der Waals surface area (Å²) >= 11 is 0. The van der Waals surface area contributed by atoms with Gasteiger partial charge in [-0.05, 0) is 25.0 Å². The second kappa shape index (κ2) is 5.13. The van der Waals surface area contributed by atoms with Gasteiger partial charge in [-0.3, -0.25) is 0 Å². The van der Waals surface area contributed by atoms with Gasteiger partial charge in [0.1, 0.15) is 17.3 Å². The lowest BCUT2D eigenvalue weighted by atomic mass is 10.0. The molecule has 3 rings (SSSR count). The van der Waals surface area contributed by atoms with E-state index in [1.54, 1.807) is 6.21 Å². The Kier molecular flexibility index (Phi) is 3.43. The summed E-state index contributed by atoms with van der Waals surface area (Å²) in [4.78, 5) is 1.05. The van der Waals surface area contributed by atoms with Gasteiger partial charge < -0.3 is 4.90 Å². The number of hydrogen-bond acceptors (Lipinski definition) is 3. The third kappa shape index (κ3) is 2.77. The van der Waals surface area contributed by atoms with E-state index in [-0.39, 0.29) is 6.54 Å². The maximum Gasteiger partial charge on any atom is 0.266 e. The molecule has 3 nitrogen and oxygen atoms in total. The third-order valence-corrected chi connectivity index (χ3v) is 3.61. The molecule has 0 aromatic heterocycles. The second-order valence-corrected chi connectivity index (χ2v) is 5.20. The van der Waals surface area contributed by atoms with Gasteiger partial charge in [-0.25, -0.2) is 17.6 Å². The van der Waals surface area contributed by atoms with Crippen LogP contribution in [-0.4, -0.2) is 30.9 Å². The van der Waals surface area contributed by atoms with Crippen LogP contribution in [0.1, 0.15) is 24.8 Å². The average Bonchev–Trinajstić information content (AvgIpc) is 2.79. The van der Waals surface area contributed by atoms with Gasteiger partial charge in [0.25, 0.3) is 5.92 Å². The quantitative estimate of drug-likeness (QED) is 0.769. The number of nitrogens with zero attached hydrogens (tertiary/aromatic N) is 3. The first-order valence-corrected chi connectivity index (χ1v) is 6.67. The van der Waals surface area contributed by atoms with Crippen LogP contribution in [0.3, 0.4) is 0 Å². The van der Waals surface area contributed by atoms with Gasteiger partial charge >= 0.3 is 0 Å². The number of anilines is 1. The SMILES string of the molecule is Fc1cc(C2=NN=CCC2)cc(F)c1N1CCC(F)(F)C1. The zero-order valence-corrected chi connectivity index (χ0v) is 11.1. The van der Waals surface area contributed by atoms with Crippen LogP contribution in [0.5, 0.6) is 0 Å². The van der Waals surface area contributed by atoms with E-state index >= 15 is 0 Å². The number of hydrogen-bond donors (Lipinski definition) is 0. The molecule has 2 aliphatic heterocycles. The molecule has 2 heterocycles. The minimum Gasteiger partial charge on any atom is -0.361 e. The van der Waals surface area contributed by atoms with Crippen molar-refractivity contribution < 1.29 is 17.6 Å². The maximum atomic E-state index is 14.1. The highest BCUT2D eigenvalue weighted by molar-refractivity contribution is 6.02. The van der Waals surface area contributed by atoms with E-state index in [2.05, 4.69) is 10.2 Å². The Balaban J connectivity index is 1.94. The molecule has 1 saturated heterocycles. The van der Waals surface area contributed by atoms with Crippen LogP contribution in [0.25, 0.3) is 0 Å². The summed E-state index contributed by atoms with van der Waals surface area (Å²) in [5.74, 6) is -4.60. The van der Waals surface area contributed by atoms with Crippen molar-refractivity contribution in [3.05, 3.63) is 29.3 Å². The first kappa shape index (κ1) is 14.0. The largest absolute Gasteiger partial charge is 0.361 e. The monoisotopic (exact) mass is 299 g/mol. The summed E-state index contributed by atoms with van der Waals surface area (Å²) in [6.45, 7) is -0.725. The molecular formula is C14H13F4N3. The Morgan fingerprint density at radius 1 is 1.14 bits per heavy atom. The average molecular weight is 299 g/mol. The molecule has 1 aromatic carbocycles. The summed E-state index contributed by atoms with van der Waals surface area (Å²) in [7, 11) is 0. The van der Waals surface area contributed by atoms with E-state index in [1.807, 2.05) is 0 Å². The van der Waals surface area contributed by atoms with Crippen LogP contribution in [0, 0.1) is 11.6 Å². The number of halogens is 4. The normalized spacial score (nSPS) is 20.8. The fourth-order valence-corrected chi connectivity index (χ4v) is 2.58. The molecule has 0 radical (unpaired) electrons. The second-order valence-electron chi connectivity index (χ2n) is 5.20. The number of rotatable bonds is 2. The molecule has 0 N–H and O–H groups in total. The Labute approximate surface area is 119 Å². The lowest BCUT2D eigenvalue weighted by Gasteiger charge is -2.20. The zero-order valence-electron chi connectivity index (χ0n) is 11.1. The highest BCUT2D eigenvalue weighted by Crippen LogP contribution is 2.34. The molecule has 0 aliphatic carbocycles. The van der Waals surface area contributed by atoms with E-state index in [4.69, 9.17) is 0 Å². The Hall–Kier alpha value is -1.92. The van der Waals surface area contributed by atoms with Crippen molar-refractivity contribution in [2.24, 2.45) is 10.2 Å². The van der Waals surface area contributed by atoms with E-state index in [1.165, 1.54) is 0 Å². The highest BCUT2D eigenvalue weighted by atomic mass is 19.3. The van der Waals surface area contributed by atoms with Crippen molar-refractivity contribution in [1.29, 1.82) is 0 Å². The molecule has 0 atom stereocenters. The predicted molar refractivity (Wildman–Crippen MR) is 72.4 cm³/mol. The lowest BCUT2D eigenvalue weighted by Crippen LogP contribution is -2.26. The van der Waals surface area contributed by atoms with Crippen molar-refractivity contribution in [2.45, 2.75) is 25.2 Å². The van der Waals surface area contributed by atoms with Crippen LogP contribution in [0.15, 0.2) is 22.3 Å². The first-order valence-electron chi connectivity index (χ1n) is 6.67. The van der Waals surface area contributed by atoms with E-state index in [9.17, 15) is 17.6 Å². The van der Waals surface area contributed by atoms with E-state index in [0.717, 1.165) is 17.0 Å². The summed E-state index contributed by atoms with van der Waals surface area (Å²) in [6, 6.07) is 2.27. The number of alkyl halides is 2. The van der Waals surface area contributed by atoms with Gasteiger partial charge in [-0.15, -0.1) is 0 Å². The molecule has 21 heavy (non-hydrogen) atoms. The molecule has 0 bridgehead atoms. The molecule has 7 heteroatoms. The molecule has 112 valence electrons. The lowest BCUT2D eigenvalue weighted by molar-refractivity contribution is 0.0256.